The molecule has 1 fully saturated rings. The molecule has 1 amide bonds. The van der Waals surface area contributed by atoms with Crippen LogP contribution >= 0.6 is 11.6 Å². The molecule has 11 heteroatoms. The molecule has 2 aromatic carbocycles. The number of alkyl halides is 6. The van der Waals surface area contributed by atoms with E-state index >= 15 is 0 Å². The summed E-state index contributed by atoms with van der Waals surface area (Å²) in [4.78, 5) is 26.7. The van der Waals surface area contributed by atoms with Gasteiger partial charge in [0.05, 0.1) is 23.8 Å². The maximum absolute atomic E-state index is 13.6. The molecule has 0 aromatic heterocycles. The van der Waals surface area contributed by atoms with Gasteiger partial charge in [-0.1, -0.05) is 11.6 Å². The number of ether oxygens (including phenoxy) is 1. The highest BCUT2D eigenvalue weighted by molar-refractivity contribution is 6.30. The molecule has 2 aromatic rings. The van der Waals surface area contributed by atoms with Gasteiger partial charge in [0.2, 0.25) is 0 Å². The molecule has 1 heterocycles. The Morgan fingerprint density at radius 2 is 1.55 bits per heavy atom. The van der Waals surface area contributed by atoms with Crippen LogP contribution in [0.25, 0.3) is 0 Å². The molecule has 178 valence electrons. The quantitative estimate of drug-likeness (QED) is 0.381. The van der Waals surface area contributed by atoms with Crippen molar-refractivity contribution in [1.29, 1.82) is 0 Å². The molecule has 0 unspecified atom stereocenters. The van der Waals surface area contributed by atoms with E-state index < -0.39 is 46.6 Å². The van der Waals surface area contributed by atoms with Crippen molar-refractivity contribution in [2.24, 2.45) is 5.92 Å². The van der Waals surface area contributed by atoms with Gasteiger partial charge in [0, 0.05) is 29.6 Å². The smallest absolute Gasteiger partial charge is 0.417 e. The fourth-order valence-electron chi connectivity index (χ4n) is 3.74. The summed E-state index contributed by atoms with van der Waals surface area (Å²) in [5.74, 6) is -2.56. The second-order valence-electron chi connectivity index (χ2n) is 7.53. The Morgan fingerprint density at radius 3 is 2.03 bits per heavy atom. The number of piperidine rings is 1. The van der Waals surface area contributed by atoms with Gasteiger partial charge in [-0.15, -0.1) is 0 Å². The van der Waals surface area contributed by atoms with E-state index in [1.807, 2.05) is 0 Å². The summed E-state index contributed by atoms with van der Waals surface area (Å²) in [6, 6.07) is 6.52. The van der Waals surface area contributed by atoms with Crippen molar-refractivity contribution in [3.8, 4) is 5.75 Å². The second-order valence-corrected chi connectivity index (χ2v) is 7.97. The third-order valence-corrected chi connectivity index (χ3v) is 5.70. The molecule has 0 radical (unpaired) electrons. The van der Waals surface area contributed by atoms with Gasteiger partial charge in [0.25, 0.3) is 5.91 Å². The zero-order chi connectivity index (χ0) is 24.6. The van der Waals surface area contributed by atoms with Gasteiger partial charge in [-0.3, -0.25) is 9.59 Å². The highest BCUT2D eigenvalue weighted by Crippen LogP contribution is 2.42. The van der Waals surface area contributed by atoms with Crippen molar-refractivity contribution < 1.29 is 40.7 Å². The minimum absolute atomic E-state index is 0.0374. The Kier molecular flexibility index (Phi) is 6.97. The molecule has 0 N–H and O–H groups in total. The van der Waals surface area contributed by atoms with Gasteiger partial charge in [-0.05, 0) is 49.2 Å². The van der Waals surface area contributed by atoms with Crippen LogP contribution in [0.4, 0.5) is 26.3 Å². The summed E-state index contributed by atoms with van der Waals surface area (Å²) in [7, 11) is 0.892. The number of carbonyl (C=O) groups excluding carboxylic acids is 2. The molecule has 0 bridgehead atoms. The highest BCUT2D eigenvalue weighted by Gasteiger charge is 2.43. The Labute approximate surface area is 190 Å². The van der Waals surface area contributed by atoms with E-state index in [2.05, 4.69) is 0 Å². The van der Waals surface area contributed by atoms with Gasteiger partial charge < -0.3 is 9.64 Å². The lowest BCUT2D eigenvalue weighted by Gasteiger charge is -2.32. The monoisotopic (exact) mass is 493 g/mol. The third-order valence-electron chi connectivity index (χ3n) is 5.45. The summed E-state index contributed by atoms with van der Waals surface area (Å²) in [5.41, 5.74) is -3.86. The number of hydrogen-bond acceptors (Lipinski definition) is 3. The van der Waals surface area contributed by atoms with Gasteiger partial charge in [-0.2, -0.15) is 26.3 Å². The van der Waals surface area contributed by atoms with Crippen LogP contribution in [0.3, 0.4) is 0 Å². The van der Waals surface area contributed by atoms with Crippen LogP contribution in [0, 0.1) is 5.92 Å². The number of amides is 1. The molecule has 1 aliphatic rings. The molecule has 0 aliphatic carbocycles. The van der Waals surface area contributed by atoms with Crippen molar-refractivity contribution in [2.45, 2.75) is 25.2 Å². The molecule has 0 atom stereocenters. The molecular weight excluding hydrogens is 476 g/mol. The molecule has 0 spiro atoms. The van der Waals surface area contributed by atoms with Crippen molar-refractivity contribution in [2.75, 3.05) is 20.2 Å². The first-order chi connectivity index (χ1) is 15.3. The summed E-state index contributed by atoms with van der Waals surface area (Å²) >= 11 is 5.81. The number of likely N-dealkylation sites (tertiary alicyclic amines) is 1. The van der Waals surface area contributed by atoms with E-state index in [0.717, 1.165) is 12.0 Å². The molecule has 1 saturated heterocycles. The zero-order valence-corrected chi connectivity index (χ0v) is 17.9. The fourth-order valence-corrected chi connectivity index (χ4v) is 3.86. The standard InChI is InChI=1S/C22H18ClF6NO3/c1-33-17-11-14(21(24,25)26)10-16(22(27,28)29)18(17)20(32)30-8-6-13(7-9-30)19(31)12-2-4-15(23)5-3-12/h2-5,10-11,13H,6-9H2,1H3. The topological polar surface area (TPSA) is 46.6 Å². The number of Topliss-reactive ketones (excluding diaryl/α,β-unsaturated/α-hetero) is 1. The minimum atomic E-state index is -5.22. The maximum Gasteiger partial charge on any atom is 0.417 e. The lowest BCUT2D eigenvalue weighted by Crippen LogP contribution is -2.41. The summed E-state index contributed by atoms with van der Waals surface area (Å²) < 4.78 is 84.8. The largest absolute Gasteiger partial charge is 0.496 e. The van der Waals surface area contributed by atoms with E-state index in [4.69, 9.17) is 16.3 Å². The van der Waals surface area contributed by atoms with Gasteiger partial charge in [-0.25, -0.2) is 0 Å². The number of carbonyl (C=O) groups is 2. The van der Waals surface area contributed by atoms with E-state index in [-0.39, 0.29) is 37.8 Å². The van der Waals surface area contributed by atoms with Crippen LogP contribution in [0.15, 0.2) is 36.4 Å². The van der Waals surface area contributed by atoms with Gasteiger partial charge in [0.1, 0.15) is 5.75 Å². The SMILES string of the molecule is COc1cc(C(F)(F)F)cc(C(F)(F)F)c1C(=O)N1CCC(C(=O)c2ccc(Cl)cc2)CC1. The first kappa shape index (κ1) is 24.9. The van der Waals surface area contributed by atoms with Crippen LogP contribution in [-0.4, -0.2) is 36.8 Å². The molecule has 3 rings (SSSR count). The average Bonchev–Trinajstić information content (AvgIpc) is 2.76. The molecule has 33 heavy (non-hydrogen) atoms. The van der Waals surface area contributed by atoms with Gasteiger partial charge >= 0.3 is 12.4 Å². The number of rotatable bonds is 4. The van der Waals surface area contributed by atoms with Crippen LogP contribution in [0.5, 0.6) is 5.75 Å². The van der Waals surface area contributed by atoms with E-state index in [1.165, 1.54) is 0 Å². The number of ketones is 1. The Hall–Kier alpha value is -2.75. The normalized spacial score (nSPS) is 15.5. The number of halogens is 7. The van der Waals surface area contributed by atoms with Crippen molar-refractivity contribution in [1.82, 2.24) is 4.90 Å². The molecule has 4 nitrogen and oxygen atoms in total. The maximum atomic E-state index is 13.6. The Bertz CT molecular complexity index is 1040. The highest BCUT2D eigenvalue weighted by atomic mass is 35.5. The Morgan fingerprint density at radius 1 is 0.970 bits per heavy atom. The third kappa shape index (κ3) is 5.43. The van der Waals surface area contributed by atoms with E-state index in [1.54, 1.807) is 24.3 Å². The predicted molar refractivity (Wildman–Crippen MR) is 107 cm³/mol. The lowest BCUT2D eigenvalue weighted by molar-refractivity contribution is -0.143. The molecular formula is C22H18ClF6NO3. The lowest BCUT2D eigenvalue weighted by atomic mass is 9.88. The first-order valence-electron chi connectivity index (χ1n) is 9.78. The van der Waals surface area contributed by atoms with E-state index in [0.29, 0.717) is 16.7 Å². The average molecular weight is 494 g/mol. The van der Waals surface area contributed by atoms with E-state index in [9.17, 15) is 35.9 Å². The van der Waals surface area contributed by atoms with Crippen molar-refractivity contribution >= 4 is 23.3 Å². The summed E-state index contributed by atoms with van der Waals surface area (Å²) in [6.45, 7) is -0.0748. The second kappa shape index (κ2) is 9.24. The molecule has 1 aliphatic heterocycles. The Balaban J connectivity index is 1.85. The van der Waals surface area contributed by atoms with Crippen LogP contribution in [0.2, 0.25) is 5.02 Å². The first-order valence-corrected chi connectivity index (χ1v) is 10.2. The van der Waals surface area contributed by atoms with Crippen molar-refractivity contribution in [3.05, 3.63) is 63.7 Å². The summed E-state index contributed by atoms with van der Waals surface area (Å²) in [6.07, 6.45) is -9.90. The number of nitrogens with zero attached hydrogens (tertiary/aromatic N) is 1. The number of methoxy groups -OCH3 is 1. The number of benzene rings is 2. The predicted octanol–water partition coefficient (Wildman–Crippen LogP) is 6.12. The zero-order valence-electron chi connectivity index (χ0n) is 17.2. The minimum Gasteiger partial charge on any atom is -0.496 e. The number of hydrogen-bond donors (Lipinski definition) is 0. The van der Waals surface area contributed by atoms with Crippen LogP contribution < -0.4 is 4.74 Å². The van der Waals surface area contributed by atoms with Gasteiger partial charge in [0.15, 0.2) is 5.78 Å². The van der Waals surface area contributed by atoms with Crippen LogP contribution in [-0.2, 0) is 12.4 Å². The fraction of sp³-hybridized carbons (Fsp3) is 0.364. The van der Waals surface area contributed by atoms with Crippen LogP contribution in [0.1, 0.15) is 44.7 Å². The van der Waals surface area contributed by atoms with Crippen molar-refractivity contribution in [3.63, 3.8) is 0 Å². The summed E-state index contributed by atoms with van der Waals surface area (Å²) in [5, 5.41) is 0.456. The molecule has 0 saturated carbocycles.